The summed E-state index contributed by atoms with van der Waals surface area (Å²) >= 11 is 0. The van der Waals surface area contributed by atoms with E-state index in [0.717, 1.165) is 0 Å². The van der Waals surface area contributed by atoms with Crippen molar-refractivity contribution in [1.82, 2.24) is 0 Å². The van der Waals surface area contributed by atoms with Crippen molar-refractivity contribution in [2.24, 2.45) is 0 Å². The number of ether oxygens (including phenoxy) is 1. The number of aliphatic hydroxyl groups excluding tert-OH is 1. The van der Waals surface area contributed by atoms with Gasteiger partial charge in [0, 0.05) is 6.42 Å². The highest BCUT2D eigenvalue weighted by atomic mass is 31.2. The standard InChI is InChI=1S/C16H25O6P/c1-4-20-16(18)15(23(19,21-5-2)22-6-3)12-14(17)13-10-8-7-9-11-13/h7-11,14-15,17H,4-6,12H2,1-3H3. The van der Waals surface area contributed by atoms with Gasteiger partial charge in [-0.05, 0) is 26.3 Å². The van der Waals surface area contributed by atoms with Crippen LogP contribution >= 0.6 is 7.60 Å². The van der Waals surface area contributed by atoms with Gasteiger partial charge >= 0.3 is 13.6 Å². The topological polar surface area (TPSA) is 82.1 Å². The lowest BCUT2D eigenvalue weighted by molar-refractivity contribution is -0.143. The number of carbonyl (C=O) groups excluding carboxylic acids is 1. The Bertz CT molecular complexity index is 509. The molecule has 0 aromatic heterocycles. The SMILES string of the molecule is CCOC(=O)C(CC(O)c1ccccc1)P(=O)(OCC)OCC. The highest BCUT2D eigenvalue weighted by Gasteiger charge is 2.43. The molecular weight excluding hydrogens is 319 g/mol. The predicted octanol–water partition coefficient (Wildman–Crippen LogP) is 3.31. The molecule has 6 nitrogen and oxygen atoms in total. The second-order valence-electron chi connectivity index (χ2n) is 4.81. The molecule has 1 aromatic rings. The van der Waals surface area contributed by atoms with Crippen molar-refractivity contribution in [2.75, 3.05) is 19.8 Å². The average Bonchev–Trinajstić information content (AvgIpc) is 2.53. The van der Waals surface area contributed by atoms with E-state index in [2.05, 4.69) is 0 Å². The molecule has 23 heavy (non-hydrogen) atoms. The van der Waals surface area contributed by atoms with Crippen molar-refractivity contribution in [3.63, 3.8) is 0 Å². The van der Waals surface area contributed by atoms with Crippen molar-refractivity contribution in [1.29, 1.82) is 0 Å². The van der Waals surface area contributed by atoms with Gasteiger partial charge in [0.05, 0.1) is 25.9 Å². The summed E-state index contributed by atoms with van der Waals surface area (Å²) in [4.78, 5) is 12.2. The minimum atomic E-state index is -3.72. The van der Waals surface area contributed by atoms with Gasteiger partial charge in [0.2, 0.25) is 0 Å². The molecule has 2 unspecified atom stereocenters. The van der Waals surface area contributed by atoms with Crippen LogP contribution in [0.5, 0.6) is 0 Å². The van der Waals surface area contributed by atoms with Crippen molar-refractivity contribution in [3.8, 4) is 0 Å². The van der Waals surface area contributed by atoms with Gasteiger partial charge in [0.1, 0.15) is 0 Å². The fourth-order valence-electron chi connectivity index (χ4n) is 2.19. The monoisotopic (exact) mass is 344 g/mol. The first-order valence-corrected chi connectivity index (χ1v) is 9.38. The molecule has 1 aromatic carbocycles. The first-order chi connectivity index (χ1) is 11.0. The van der Waals surface area contributed by atoms with E-state index in [9.17, 15) is 14.5 Å². The summed E-state index contributed by atoms with van der Waals surface area (Å²) in [6.45, 7) is 5.41. The Labute approximate surface area is 137 Å². The average molecular weight is 344 g/mol. The number of benzene rings is 1. The highest BCUT2D eigenvalue weighted by Crippen LogP contribution is 2.55. The van der Waals surface area contributed by atoms with E-state index in [-0.39, 0.29) is 26.2 Å². The van der Waals surface area contributed by atoms with Crippen LogP contribution in [0.4, 0.5) is 0 Å². The van der Waals surface area contributed by atoms with Crippen LogP contribution in [-0.4, -0.2) is 36.6 Å². The zero-order chi connectivity index (χ0) is 17.3. The van der Waals surface area contributed by atoms with Crippen molar-refractivity contribution >= 4 is 13.6 Å². The number of hydrogen-bond acceptors (Lipinski definition) is 6. The first-order valence-electron chi connectivity index (χ1n) is 7.76. The summed E-state index contributed by atoms with van der Waals surface area (Å²) in [7, 11) is -3.72. The molecule has 0 radical (unpaired) electrons. The summed E-state index contributed by atoms with van der Waals surface area (Å²) in [5.74, 6) is -0.687. The zero-order valence-corrected chi connectivity index (χ0v) is 14.7. The molecular formula is C16H25O6P. The molecule has 0 fully saturated rings. The van der Waals surface area contributed by atoms with Gasteiger partial charge in [0.15, 0.2) is 5.66 Å². The van der Waals surface area contributed by atoms with Gasteiger partial charge in [0.25, 0.3) is 0 Å². The van der Waals surface area contributed by atoms with Crippen LogP contribution in [0.1, 0.15) is 38.9 Å². The molecule has 0 saturated carbocycles. The van der Waals surface area contributed by atoms with E-state index >= 15 is 0 Å². The lowest BCUT2D eigenvalue weighted by Gasteiger charge is -2.26. The van der Waals surface area contributed by atoms with Gasteiger partial charge < -0.3 is 18.9 Å². The zero-order valence-electron chi connectivity index (χ0n) is 13.8. The lowest BCUT2D eigenvalue weighted by Crippen LogP contribution is -2.28. The normalized spacial score (nSPS) is 14.3. The van der Waals surface area contributed by atoms with E-state index in [1.165, 1.54) is 0 Å². The van der Waals surface area contributed by atoms with E-state index in [4.69, 9.17) is 13.8 Å². The molecule has 1 N–H and O–H groups in total. The summed E-state index contributed by atoms with van der Waals surface area (Å²) in [6, 6.07) is 8.86. The van der Waals surface area contributed by atoms with E-state index in [1.54, 1.807) is 45.0 Å². The van der Waals surface area contributed by atoms with Crippen LogP contribution < -0.4 is 0 Å². The Kier molecular flexibility index (Phi) is 8.48. The van der Waals surface area contributed by atoms with Gasteiger partial charge in [-0.15, -0.1) is 0 Å². The number of aliphatic hydroxyl groups is 1. The Hall–Kier alpha value is -1.20. The largest absolute Gasteiger partial charge is 0.465 e. The minimum absolute atomic E-state index is 0.0971. The minimum Gasteiger partial charge on any atom is -0.465 e. The number of esters is 1. The maximum absolute atomic E-state index is 12.9. The van der Waals surface area contributed by atoms with Crippen LogP contribution in [0.15, 0.2) is 30.3 Å². The van der Waals surface area contributed by atoms with E-state index in [0.29, 0.717) is 5.56 Å². The molecule has 0 bridgehead atoms. The molecule has 2 atom stereocenters. The molecule has 0 heterocycles. The predicted molar refractivity (Wildman–Crippen MR) is 87.3 cm³/mol. The fraction of sp³-hybridized carbons (Fsp3) is 0.562. The van der Waals surface area contributed by atoms with Crippen LogP contribution in [0.3, 0.4) is 0 Å². The molecule has 0 aliphatic heterocycles. The number of hydrogen-bond donors (Lipinski definition) is 1. The smallest absolute Gasteiger partial charge is 0.344 e. The van der Waals surface area contributed by atoms with Gasteiger partial charge in [-0.1, -0.05) is 30.3 Å². The summed E-state index contributed by atoms with van der Waals surface area (Å²) in [6.07, 6.45) is -1.07. The van der Waals surface area contributed by atoms with Crippen molar-refractivity contribution in [3.05, 3.63) is 35.9 Å². The molecule has 0 spiro atoms. The third-order valence-corrected chi connectivity index (χ3v) is 5.61. The summed E-state index contributed by atoms with van der Waals surface area (Å²) < 4.78 is 28.5. The molecule has 130 valence electrons. The Morgan fingerprint density at radius 1 is 1.09 bits per heavy atom. The van der Waals surface area contributed by atoms with Crippen LogP contribution in [0.2, 0.25) is 0 Å². The summed E-state index contributed by atoms with van der Waals surface area (Å²) in [5, 5.41) is 10.4. The highest BCUT2D eigenvalue weighted by molar-refractivity contribution is 7.55. The third kappa shape index (κ3) is 5.74. The quantitative estimate of drug-likeness (QED) is 0.518. The molecule has 7 heteroatoms. The maximum Gasteiger partial charge on any atom is 0.344 e. The molecule has 0 aliphatic carbocycles. The van der Waals surface area contributed by atoms with E-state index < -0.39 is 25.3 Å². The van der Waals surface area contributed by atoms with Crippen molar-refractivity contribution in [2.45, 2.75) is 39.0 Å². The molecule has 0 aliphatic rings. The first kappa shape index (κ1) is 19.8. The number of carbonyl (C=O) groups is 1. The second-order valence-corrected chi connectivity index (χ2v) is 7.02. The maximum atomic E-state index is 12.9. The third-order valence-electron chi connectivity index (χ3n) is 3.19. The van der Waals surface area contributed by atoms with Gasteiger partial charge in [-0.3, -0.25) is 9.36 Å². The Balaban J connectivity index is 3.04. The van der Waals surface area contributed by atoms with Crippen LogP contribution in [0, 0.1) is 0 Å². The van der Waals surface area contributed by atoms with Crippen LogP contribution in [-0.2, 0) is 23.1 Å². The fourth-order valence-corrected chi connectivity index (χ4v) is 4.14. The van der Waals surface area contributed by atoms with Gasteiger partial charge in [-0.25, -0.2) is 0 Å². The number of rotatable bonds is 10. The molecule has 0 saturated heterocycles. The van der Waals surface area contributed by atoms with E-state index in [1.807, 2.05) is 6.07 Å². The second kappa shape index (κ2) is 9.83. The molecule has 1 rings (SSSR count). The van der Waals surface area contributed by atoms with Crippen molar-refractivity contribution < 1.29 is 28.3 Å². The van der Waals surface area contributed by atoms with Gasteiger partial charge in [-0.2, -0.15) is 0 Å². The molecule has 0 amide bonds. The Morgan fingerprint density at radius 3 is 2.13 bits per heavy atom. The van der Waals surface area contributed by atoms with Crippen LogP contribution in [0.25, 0.3) is 0 Å². The summed E-state index contributed by atoms with van der Waals surface area (Å²) in [5.41, 5.74) is -0.543. The Morgan fingerprint density at radius 2 is 1.65 bits per heavy atom. The lowest BCUT2D eigenvalue weighted by atomic mass is 10.1.